The highest BCUT2D eigenvalue weighted by atomic mass is 32.2. The Morgan fingerprint density at radius 3 is 2.74 bits per heavy atom. The van der Waals surface area contributed by atoms with Crippen LogP contribution in [0.5, 0.6) is 0 Å². The SMILES string of the molecule is O=C(CCSc1ccccc1)N1CCC[C@@H](Cc2n[nH]c(=O)n2-c2ccccc2F)C1. The van der Waals surface area contributed by atoms with Crippen molar-refractivity contribution in [1.29, 1.82) is 0 Å². The predicted octanol–water partition coefficient (Wildman–Crippen LogP) is 3.66. The first kappa shape index (κ1) is 21.4. The molecule has 1 atom stereocenters. The number of amides is 1. The topological polar surface area (TPSA) is 71.0 Å². The van der Waals surface area contributed by atoms with Crippen molar-refractivity contribution in [1.82, 2.24) is 19.7 Å². The molecule has 2 aromatic carbocycles. The Balaban J connectivity index is 1.37. The highest BCUT2D eigenvalue weighted by Gasteiger charge is 2.26. The molecule has 0 bridgehead atoms. The van der Waals surface area contributed by atoms with Crippen LogP contribution in [-0.2, 0) is 11.2 Å². The fourth-order valence-corrected chi connectivity index (χ4v) is 4.86. The van der Waals surface area contributed by atoms with Crippen LogP contribution in [0.4, 0.5) is 4.39 Å². The number of halogens is 1. The van der Waals surface area contributed by atoms with Gasteiger partial charge in [-0.2, -0.15) is 5.10 Å². The number of hydrogen-bond acceptors (Lipinski definition) is 4. The minimum Gasteiger partial charge on any atom is -0.342 e. The Hall–Kier alpha value is -2.87. The maximum absolute atomic E-state index is 14.2. The van der Waals surface area contributed by atoms with Gasteiger partial charge < -0.3 is 4.90 Å². The molecule has 0 aliphatic carbocycles. The standard InChI is InChI=1S/C23H25FN4O2S/c24-19-10-4-5-11-20(19)28-21(25-26-23(28)30)15-17-7-6-13-27(16-17)22(29)12-14-31-18-8-2-1-3-9-18/h1-5,8-11,17H,6-7,12-16H2,(H,26,30)/t17-/m0/s1. The van der Waals surface area contributed by atoms with Gasteiger partial charge in [0.15, 0.2) is 0 Å². The Bertz CT molecular complexity index is 1080. The molecule has 31 heavy (non-hydrogen) atoms. The highest BCUT2D eigenvalue weighted by molar-refractivity contribution is 7.99. The molecular formula is C23H25FN4O2S. The van der Waals surface area contributed by atoms with Crippen molar-refractivity contribution in [2.24, 2.45) is 5.92 Å². The van der Waals surface area contributed by atoms with Gasteiger partial charge in [0.1, 0.15) is 11.6 Å². The summed E-state index contributed by atoms with van der Waals surface area (Å²) in [6.07, 6.45) is 2.86. The number of rotatable bonds is 7. The number of thioether (sulfide) groups is 1. The average molecular weight is 441 g/mol. The second kappa shape index (κ2) is 9.96. The molecule has 1 N–H and O–H groups in total. The maximum atomic E-state index is 14.2. The van der Waals surface area contributed by atoms with E-state index in [4.69, 9.17) is 0 Å². The Labute approximate surface area is 184 Å². The lowest BCUT2D eigenvalue weighted by Gasteiger charge is -2.32. The fraction of sp³-hybridized carbons (Fsp3) is 0.348. The van der Waals surface area contributed by atoms with Crippen molar-refractivity contribution >= 4 is 17.7 Å². The normalized spacial score (nSPS) is 16.4. The first-order valence-electron chi connectivity index (χ1n) is 10.5. The molecule has 162 valence electrons. The molecule has 0 radical (unpaired) electrons. The van der Waals surface area contributed by atoms with Gasteiger partial charge in [-0.1, -0.05) is 30.3 Å². The largest absolute Gasteiger partial charge is 0.348 e. The number of carbonyl (C=O) groups is 1. The molecule has 0 spiro atoms. The summed E-state index contributed by atoms with van der Waals surface area (Å²) >= 11 is 1.68. The molecule has 8 heteroatoms. The minimum atomic E-state index is -0.469. The van der Waals surface area contributed by atoms with Crippen molar-refractivity contribution in [3.05, 3.63) is 76.7 Å². The summed E-state index contributed by atoms with van der Waals surface area (Å²) in [5.41, 5.74) is -0.264. The van der Waals surface area contributed by atoms with Crippen LogP contribution in [0.25, 0.3) is 5.69 Å². The van der Waals surface area contributed by atoms with Crippen LogP contribution < -0.4 is 5.69 Å². The number of benzene rings is 2. The van der Waals surface area contributed by atoms with Gasteiger partial charge in [-0.3, -0.25) is 4.79 Å². The quantitative estimate of drug-likeness (QED) is 0.569. The number of carbonyl (C=O) groups excluding carboxylic acids is 1. The molecule has 1 amide bonds. The summed E-state index contributed by atoms with van der Waals surface area (Å²) in [5.74, 6) is 1.11. The number of para-hydroxylation sites is 1. The second-order valence-electron chi connectivity index (χ2n) is 7.70. The molecular weight excluding hydrogens is 415 g/mol. The van der Waals surface area contributed by atoms with Gasteiger partial charge in [-0.05, 0) is 43.0 Å². The third kappa shape index (κ3) is 5.25. The van der Waals surface area contributed by atoms with Gasteiger partial charge in [0.2, 0.25) is 5.91 Å². The number of aromatic nitrogens is 3. The van der Waals surface area contributed by atoms with Crippen LogP contribution in [0.1, 0.15) is 25.1 Å². The average Bonchev–Trinajstić information content (AvgIpc) is 3.14. The van der Waals surface area contributed by atoms with E-state index in [-0.39, 0.29) is 17.5 Å². The van der Waals surface area contributed by atoms with Crippen molar-refractivity contribution in [3.8, 4) is 5.69 Å². The first-order chi connectivity index (χ1) is 15.1. The van der Waals surface area contributed by atoms with Crippen LogP contribution in [0.2, 0.25) is 0 Å². The van der Waals surface area contributed by atoms with Gasteiger partial charge in [0.25, 0.3) is 0 Å². The summed E-state index contributed by atoms with van der Waals surface area (Å²) in [6, 6.07) is 16.2. The van der Waals surface area contributed by atoms with E-state index < -0.39 is 11.5 Å². The summed E-state index contributed by atoms with van der Waals surface area (Å²) in [4.78, 5) is 28.0. The Kier molecular flexibility index (Phi) is 6.86. The van der Waals surface area contributed by atoms with Crippen LogP contribution >= 0.6 is 11.8 Å². The fourth-order valence-electron chi connectivity index (χ4n) is 4.00. The lowest BCUT2D eigenvalue weighted by molar-refractivity contribution is -0.132. The number of likely N-dealkylation sites (tertiary alicyclic amines) is 1. The third-order valence-corrected chi connectivity index (χ3v) is 6.52. The third-order valence-electron chi connectivity index (χ3n) is 5.51. The number of hydrogen-bond donors (Lipinski definition) is 1. The van der Waals surface area contributed by atoms with Gasteiger partial charge in [0, 0.05) is 36.6 Å². The van der Waals surface area contributed by atoms with Crippen molar-refractivity contribution in [3.63, 3.8) is 0 Å². The summed E-state index contributed by atoms with van der Waals surface area (Å²) in [7, 11) is 0. The van der Waals surface area contributed by atoms with Crippen LogP contribution in [0.3, 0.4) is 0 Å². The monoisotopic (exact) mass is 440 g/mol. The maximum Gasteiger partial charge on any atom is 0.348 e. The Morgan fingerprint density at radius 2 is 1.94 bits per heavy atom. The number of nitrogens with one attached hydrogen (secondary N) is 1. The van der Waals surface area contributed by atoms with Crippen LogP contribution in [0.15, 0.2) is 64.3 Å². The summed E-state index contributed by atoms with van der Waals surface area (Å²) in [6.45, 7) is 1.39. The number of piperidine rings is 1. The molecule has 1 fully saturated rings. The number of aromatic amines is 1. The van der Waals surface area contributed by atoms with E-state index in [2.05, 4.69) is 10.2 Å². The zero-order chi connectivity index (χ0) is 21.6. The predicted molar refractivity (Wildman–Crippen MR) is 119 cm³/mol. The molecule has 1 aliphatic rings. The molecule has 0 unspecified atom stereocenters. The molecule has 1 aliphatic heterocycles. The van der Waals surface area contributed by atoms with Gasteiger partial charge in [0.05, 0.1) is 5.69 Å². The number of H-pyrrole nitrogens is 1. The summed E-state index contributed by atoms with van der Waals surface area (Å²) in [5, 5.41) is 6.57. The zero-order valence-corrected chi connectivity index (χ0v) is 18.0. The number of nitrogens with zero attached hydrogens (tertiary/aromatic N) is 3. The van der Waals surface area contributed by atoms with Crippen LogP contribution in [0, 0.1) is 11.7 Å². The first-order valence-corrected chi connectivity index (χ1v) is 11.5. The molecule has 0 saturated carbocycles. The summed E-state index contributed by atoms with van der Waals surface area (Å²) < 4.78 is 15.5. The Morgan fingerprint density at radius 1 is 1.16 bits per heavy atom. The van der Waals surface area contributed by atoms with E-state index >= 15 is 0 Å². The van der Waals surface area contributed by atoms with E-state index in [1.807, 2.05) is 35.2 Å². The van der Waals surface area contributed by atoms with E-state index in [9.17, 15) is 14.0 Å². The van der Waals surface area contributed by atoms with Crippen LogP contribution in [-0.4, -0.2) is 44.4 Å². The van der Waals surface area contributed by atoms with Gasteiger partial charge in [-0.25, -0.2) is 18.9 Å². The van der Waals surface area contributed by atoms with Crippen molar-refractivity contribution in [2.45, 2.75) is 30.6 Å². The van der Waals surface area contributed by atoms with Gasteiger partial charge in [-0.15, -0.1) is 11.8 Å². The molecule has 3 aromatic rings. The second-order valence-corrected chi connectivity index (χ2v) is 8.86. The lowest BCUT2D eigenvalue weighted by atomic mass is 9.94. The van der Waals surface area contributed by atoms with E-state index in [0.717, 1.165) is 30.0 Å². The van der Waals surface area contributed by atoms with Gasteiger partial charge >= 0.3 is 5.69 Å². The molecule has 2 heterocycles. The lowest BCUT2D eigenvalue weighted by Crippen LogP contribution is -2.41. The van der Waals surface area contributed by atoms with Crippen molar-refractivity contribution in [2.75, 3.05) is 18.8 Å². The van der Waals surface area contributed by atoms with E-state index in [1.54, 1.807) is 30.0 Å². The smallest absolute Gasteiger partial charge is 0.342 e. The molecule has 4 rings (SSSR count). The minimum absolute atomic E-state index is 0.154. The van der Waals surface area contributed by atoms with E-state index in [1.165, 1.54) is 10.6 Å². The zero-order valence-electron chi connectivity index (χ0n) is 17.2. The highest BCUT2D eigenvalue weighted by Crippen LogP contribution is 2.23. The molecule has 6 nitrogen and oxygen atoms in total. The molecule has 1 aromatic heterocycles. The molecule has 1 saturated heterocycles. The van der Waals surface area contributed by atoms with Crippen molar-refractivity contribution < 1.29 is 9.18 Å². The van der Waals surface area contributed by atoms with E-state index in [0.29, 0.717) is 25.2 Å².